The fourth-order valence-electron chi connectivity index (χ4n) is 3.15. The number of nitrogens with one attached hydrogen (secondary N) is 1. The lowest BCUT2D eigenvalue weighted by atomic mass is 10.1. The van der Waals surface area contributed by atoms with Gasteiger partial charge < -0.3 is 4.90 Å². The SMILES string of the molecule is Cc1ccc(-c2nc(SCC(=O)N3CCN(Cc4cccs4)CC3)n[nH]2)cc1. The maximum absolute atomic E-state index is 12.5. The molecule has 2 aromatic heterocycles. The van der Waals surface area contributed by atoms with Crippen LogP contribution in [-0.4, -0.2) is 62.8 Å². The van der Waals surface area contributed by atoms with Crippen LogP contribution in [0.5, 0.6) is 0 Å². The number of hydrogen-bond acceptors (Lipinski definition) is 6. The minimum absolute atomic E-state index is 0.155. The van der Waals surface area contributed by atoms with Crippen LogP contribution in [0.3, 0.4) is 0 Å². The molecule has 6 nitrogen and oxygen atoms in total. The summed E-state index contributed by atoms with van der Waals surface area (Å²) < 4.78 is 0. The summed E-state index contributed by atoms with van der Waals surface area (Å²) in [6, 6.07) is 12.4. The Bertz CT molecular complexity index is 899. The Morgan fingerprint density at radius 3 is 2.68 bits per heavy atom. The van der Waals surface area contributed by atoms with Crippen molar-refractivity contribution in [2.45, 2.75) is 18.6 Å². The molecule has 1 aromatic carbocycles. The number of benzene rings is 1. The molecule has 8 heteroatoms. The first-order valence-corrected chi connectivity index (χ1v) is 11.2. The zero-order chi connectivity index (χ0) is 19.3. The maximum Gasteiger partial charge on any atom is 0.233 e. The highest BCUT2D eigenvalue weighted by Gasteiger charge is 2.21. The summed E-state index contributed by atoms with van der Waals surface area (Å²) in [5.74, 6) is 1.26. The number of thioether (sulfide) groups is 1. The van der Waals surface area contributed by atoms with E-state index in [1.165, 1.54) is 22.2 Å². The second kappa shape index (κ2) is 8.89. The third kappa shape index (κ3) is 4.81. The van der Waals surface area contributed by atoms with Gasteiger partial charge in [0, 0.05) is 43.2 Å². The third-order valence-electron chi connectivity index (χ3n) is 4.80. The first-order valence-electron chi connectivity index (χ1n) is 9.32. The van der Waals surface area contributed by atoms with Crippen LogP contribution in [0.25, 0.3) is 11.4 Å². The molecule has 0 atom stereocenters. The van der Waals surface area contributed by atoms with Gasteiger partial charge in [-0.05, 0) is 18.4 Å². The van der Waals surface area contributed by atoms with E-state index in [0.29, 0.717) is 10.9 Å². The van der Waals surface area contributed by atoms with Gasteiger partial charge in [0.15, 0.2) is 5.82 Å². The largest absolute Gasteiger partial charge is 0.339 e. The van der Waals surface area contributed by atoms with Crippen molar-refractivity contribution in [3.05, 3.63) is 52.2 Å². The molecule has 0 radical (unpaired) electrons. The van der Waals surface area contributed by atoms with Gasteiger partial charge in [-0.3, -0.25) is 14.8 Å². The summed E-state index contributed by atoms with van der Waals surface area (Å²) in [6.45, 7) is 6.45. The number of aryl methyl sites for hydroxylation is 1. The van der Waals surface area contributed by atoms with E-state index in [1.54, 1.807) is 11.3 Å². The van der Waals surface area contributed by atoms with Gasteiger partial charge in [-0.1, -0.05) is 47.7 Å². The Labute approximate surface area is 173 Å². The van der Waals surface area contributed by atoms with Crippen LogP contribution >= 0.6 is 23.1 Å². The van der Waals surface area contributed by atoms with E-state index in [9.17, 15) is 4.79 Å². The molecule has 1 N–H and O–H groups in total. The minimum Gasteiger partial charge on any atom is -0.339 e. The Kier molecular flexibility index (Phi) is 6.09. The monoisotopic (exact) mass is 413 g/mol. The Balaban J connectivity index is 1.24. The molecule has 1 saturated heterocycles. The number of carbonyl (C=O) groups is 1. The third-order valence-corrected chi connectivity index (χ3v) is 6.49. The molecule has 0 saturated carbocycles. The van der Waals surface area contributed by atoms with Crippen LogP contribution in [0.2, 0.25) is 0 Å². The molecule has 0 spiro atoms. The molecular formula is C20H23N5OS2. The molecule has 1 aliphatic rings. The van der Waals surface area contributed by atoms with E-state index in [-0.39, 0.29) is 5.91 Å². The molecule has 3 heterocycles. The molecule has 3 aromatic rings. The van der Waals surface area contributed by atoms with Gasteiger partial charge in [-0.25, -0.2) is 4.98 Å². The number of nitrogens with zero attached hydrogens (tertiary/aromatic N) is 4. The lowest BCUT2D eigenvalue weighted by Crippen LogP contribution is -2.48. The molecule has 0 aliphatic carbocycles. The first kappa shape index (κ1) is 19.2. The summed E-state index contributed by atoms with van der Waals surface area (Å²) in [4.78, 5) is 22.8. The number of aromatic nitrogens is 3. The van der Waals surface area contributed by atoms with Crippen molar-refractivity contribution in [1.82, 2.24) is 25.0 Å². The summed E-state index contributed by atoms with van der Waals surface area (Å²) in [6.07, 6.45) is 0. The molecule has 0 bridgehead atoms. The summed E-state index contributed by atoms with van der Waals surface area (Å²) >= 11 is 3.18. The molecular weight excluding hydrogens is 390 g/mol. The van der Waals surface area contributed by atoms with Gasteiger partial charge in [0.25, 0.3) is 0 Å². The average Bonchev–Trinajstić information content (AvgIpc) is 3.39. The zero-order valence-electron chi connectivity index (χ0n) is 15.8. The van der Waals surface area contributed by atoms with E-state index in [4.69, 9.17) is 0 Å². The second-order valence-corrected chi connectivity index (χ2v) is 8.83. The van der Waals surface area contributed by atoms with Crippen molar-refractivity contribution >= 4 is 29.0 Å². The quantitative estimate of drug-likeness (QED) is 0.628. The number of hydrogen-bond donors (Lipinski definition) is 1. The summed E-state index contributed by atoms with van der Waals surface area (Å²) in [7, 11) is 0. The van der Waals surface area contributed by atoms with Crippen molar-refractivity contribution < 1.29 is 4.79 Å². The van der Waals surface area contributed by atoms with Crippen LogP contribution in [-0.2, 0) is 11.3 Å². The van der Waals surface area contributed by atoms with Crippen LogP contribution in [0, 0.1) is 6.92 Å². The maximum atomic E-state index is 12.5. The van der Waals surface area contributed by atoms with Crippen LogP contribution in [0.15, 0.2) is 46.9 Å². The Hall–Kier alpha value is -2.16. The van der Waals surface area contributed by atoms with Crippen molar-refractivity contribution in [3.8, 4) is 11.4 Å². The van der Waals surface area contributed by atoms with Crippen LogP contribution < -0.4 is 0 Å². The van der Waals surface area contributed by atoms with E-state index in [2.05, 4.69) is 44.5 Å². The highest BCUT2D eigenvalue weighted by molar-refractivity contribution is 7.99. The molecule has 1 aliphatic heterocycles. The number of amides is 1. The number of aromatic amines is 1. The zero-order valence-corrected chi connectivity index (χ0v) is 17.4. The van der Waals surface area contributed by atoms with Crippen molar-refractivity contribution in [2.75, 3.05) is 31.9 Å². The smallest absolute Gasteiger partial charge is 0.233 e. The first-order chi connectivity index (χ1) is 13.7. The van der Waals surface area contributed by atoms with E-state index >= 15 is 0 Å². The lowest BCUT2D eigenvalue weighted by molar-refractivity contribution is -0.130. The molecule has 1 amide bonds. The second-order valence-electron chi connectivity index (χ2n) is 6.86. The Morgan fingerprint density at radius 2 is 1.96 bits per heavy atom. The number of carbonyl (C=O) groups excluding carboxylic acids is 1. The number of thiophene rings is 1. The minimum atomic E-state index is 0.155. The van der Waals surface area contributed by atoms with E-state index in [1.807, 2.05) is 29.2 Å². The number of piperazine rings is 1. The van der Waals surface area contributed by atoms with E-state index in [0.717, 1.165) is 44.1 Å². The molecule has 28 heavy (non-hydrogen) atoms. The van der Waals surface area contributed by atoms with Gasteiger partial charge in [-0.15, -0.1) is 16.4 Å². The van der Waals surface area contributed by atoms with Crippen LogP contribution in [0.4, 0.5) is 0 Å². The highest BCUT2D eigenvalue weighted by Crippen LogP contribution is 2.20. The summed E-state index contributed by atoms with van der Waals surface area (Å²) in [5, 5.41) is 9.92. The Morgan fingerprint density at radius 1 is 1.18 bits per heavy atom. The topological polar surface area (TPSA) is 65.1 Å². The molecule has 4 rings (SSSR count). The van der Waals surface area contributed by atoms with Gasteiger partial charge in [0.1, 0.15) is 0 Å². The van der Waals surface area contributed by atoms with Crippen molar-refractivity contribution in [2.24, 2.45) is 0 Å². The van der Waals surface area contributed by atoms with Crippen LogP contribution in [0.1, 0.15) is 10.4 Å². The summed E-state index contributed by atoms with van der Waals surface area (Å²) in [5.41, 5.74) is 2.21. The number of rotatable bonds is 6. The van der Waals surface area contributed by atoms with Gasteiger partial charge >= 0.3 is 0 Å². The number of H-pyrrole nitrogens is 1. The van der Waals surface area contributed by atoms with Crippen molar-refractivity contribution in [1.29, 1.82) is 0 Å². The molecule has 1 fully saturated rings. The molecule has 146 valence electrons. The van der Waals surface area contributed by atoms with Crippen molar-refractivity contribution in [3.63, 3.8) is 0 Å². The standard InChI is InChI=1S/C20H23N5OS2/c1-15-4-6-16(7-5-15)19-21-20(23-22-19)28-14-18(26)25-10-8-24(9-11-25)13-17-3-2-12-27-17/h2-7,12H,8-11,13-14H2,1H3,(H,21,22,23). The normalized spacial score (nSPS) is 15.1. The predicted molar refractivity (Wildman–Crippen MR) is 113 cm³/mol. The molecule has 0 unspecified atom stereocenters. The fraction of sp³-hybridized carbons (Fsp3) is 0.350. The lowest BCUT2D eigenvalue weighted by Gasteiger charge is -2.34. The predicted octanol–water partition coefficient (Wildman–Crippen LogP) is 3.28. The highest BCUT2D eigenvalue weighted by atomic mass is 32.2. The fourth-order valence-corrected chi connectivity index (χ4v) is 4.59. The average molecular weight is 414 g/mol. The van der Waals surface area contributed by atoms with E-state index < -0.39 is 0 Å². The van der Waals surface area contributed by atoms with Gasteiger partial charge in [-0.2, -0.15) is 0 Å². The van der Waals surface area contributed by atoms with Gasteiger partial charge in [0.05, 0.1) is 5.75 Å². The van der Waals surface area contributed by atoms with Gasteiger partial charge in [0.2, 0.25) is 11.1 Å².